The van der Waals surface area contributed by atoms with Crippen molar-refractivity contribution in [2.75, 3.05) is 19.7 Å². The maximum atomic E-state index is 11.7. The van der Waals surface area contributed by atoms with Crippen LogP contribution in [0.2, 0.25) is 0 Å². The van der Waals surface area contributed by atoms with Gasteiger partial charge in [-0.05, 0) is 31.3 Å². The average Bonchev–Trinajstić information content (AvgIpc) is 2.33. The van der Waals surface area contributed by atoms with Crippen LogP contribution in [-0.2, 0) is 14.3 Å². The molecule has 110 valence electrons. The molecular formula is C13H24N2O4. The van der Waals surface area contributed by atoms with Crippen molar-refractivity contribution in [3.05, 3.63) is 0 Å². The Kier molecular flexibility index (Phi) is 5.75. The first-order valence-electron chi connectivity index (χ1n) is 6.65. The lowest BCUT2D eigenvalue weighted by Gasteiger charge is -2.28. The third kappa shape index (κ3) is 5.57. The molecule has 0 aliphatic carbocycles. The monoisotopic (exact) mass is 272 g/mol. The maximum absolute atomic E-state index is 11.7. The zero-order chi connectivity index (χ0) is 14.5. The van der Waals surface area contributed by atoms with Crippen molar-refractivity contribution in [2.45, 2.75) is 45.8 Å². The van der Waals surface area contributed by atoms with Crippen LogP contribution in [0.4, 0.5) is 0 Å². The molecule has 1 fully saturated rings. The van der Waals surface area contributed by atoms with Gasteiger partial charge < -0.3 is 20.5 Å². The molecule has 1 aliphatic rings. The molecule has 19 heavy (non-hydrogen) atoms. The fourth-order valence-electron chi connectivity index (χ4n) is 2.01. The van der Waals surface area contributed by atoms with Gasteiger partial charge in [-0.2, -0.15) is 0 Å². The average molecular weight is 272 g/mol. The molecule has 1 heterocycles. The van der Waals surface area contributed by atoms with E-state index < -0.39 is 17.4 Å². The van der Waals surface area contributed by atoms with Gasteiger partial charge in [0.15, 0.2) is 0 Å². The molecule has 0 aromatic carbocycles. The number of carbonyl (C=O) groups excluding carboxylic acids is 1. The topological polar surface area (TPSA) is 87.7 Å². The normalized spacial score (nSPS) is 18.9. The highest BCUT2D eigenvalue weighted by Crippen LogP contribution is 2.19. The lowest BCUT2D eigenvalue weighted by molar-refractivity contribution is -0.146. The van der Waals surface area contributed by atoms with Gasteiger partial charge in [0.1, 0.15) is 12.6 Å². The van der Waals surface area contributed by atoms with Crippen LogP contribution in [0.5, 0.6) is 0 Å². The van der Waals surface area contributed by atoms with Crippen LogP contribution >= 0.6 is 0 Å². The van der Waals surface area contributed by atoms with E-state index in [0.29, 0.717) is 0 Å². The highest BCUT2D eigenvalue weighted by atomic mass is 16.5. The van der Waals surface area contributed by atoms with Crippen molar-refractivity contribution >= 4 is 11.9 Å². The number of carboxylic acid groups (broad SMARTS) is 1. The Morgan fingerprint density at radius 1 is 1.37 bits per heavy atom. The van der Waals surface area contributed by atoms with Gasteiger partial charge in [-0.15, -0.1) is 0 Å². The smallest absolute Gasteiger partial charge is 0.326 e. The van der Waals surface area contributed by atoms with Crippen molar-refractivity contribution in [3.63, 3.8) is 0 Å². The number of nitrogens with one attached hydrogen (secondary N) is 2. The molecule has 1 aliphatic heterocycles. The Hall–Kier alpha value is -1.14. The maximum Gasteiger partial charge on any atom is 0.326 e. The SMILES string of the molecule is CC(C)(C)[C@H](NC(=O)COC1CCNCC1)C(=O)O. The van der Waals surface area contributed by atoms with Crippen molar-refractivity contribution in [3.8, 4) is 0 Å². The summed E-state index contributed by atoms with van der Waals surface area (Å²) in [6.45, 7) is 7.04. The van der Waals surface area contributed by atoms with Gasteiger partial charge in [0.2, 0.25) is 5.91 Å². The Morgan fingerprint density at radius 3 is 2.42 bits per heavy atom. The molecule has 6 heteroatoms. The molecule has 0 unspecified atom stereocenters. The van der Waals surface area contributed by atoms with E-state index in [9.17, 15) is 9.59 Å². The van der Waals surface area contributed by atoms with E-state index in [0.717, 1.165) is 25.9 Å². The Labute approximate surface area is 113 Å². The van der Waals surface area contributed by atoms with E-state index in [1.165, 1.54) is 0 Å². The molecule has 0 bridgehead atoms. The summed E-state index contributed by atoms with van der Waals surface area (Å²) in [5, 5.41) is 14.8. The standard InChI is InChI=1S/C13H24N2O4/c1-13(2,3)11(12(17)18)15-10(16)8-19-9-4-6-14-7-5-9/h9,11,14H,4-8H2,1-3H3,(H,15,16)(H,17,18)/t11-/m1/s1. The second-order valence-corrected chi connectivity index (χ2v) is 5.97. The number of hydrogen-bond acceptors (Lipinski definition) is 4. The molecule has 0 aromatic rings. The molecule has 6 nitrogen and oxygen atoms in total. The lowest BCUT2D eigenvalue weighted by atomic mass is 9.87. The third-order valence-corrected chi connectivity index (χ3v) is 3.15. The van der Waals surface area contributed by atoms with Gasteiger partial charge in [-0.3, -0.25) is 4.79 Å². The van der Waals surface area contributed by atoms with E-state index in [1.807, 2.05) is 0 Å². The molecular weight excluding hydrogens is 248 g/mol. The fraction of sp³-hybridized carbons (Fsp3) is 0.846. The molecule has 0 saturated carbocycles. The molecule has 0 radical (unpaired) electrons. The van der Waals surface area contributed by atoms with Gasteiger partial charge in [0.05, 0.1) is 6.10 Å². The molecule has 1 amide bonds. The first kappa shape index (κ1) is 15.9. The summed E-state index contributed by atoms with van der Waals surface area (Å²) in [6.07, 6.45) is 1.86. The van der Waals surface area contributed by atoms with Crippen molar-refractivity contribution in [2.24, 2.45) is 5.41 Å². The van der Waals surface area contributed by atoms with Crippen LogP contribution in [0, 0.1) is 5.41 Å². The van der Waals surface area contributed by atoms with Crippen LogP contribution in [0.25, 0.3) is 0 Å². The Bertz CT molecular complexity index is 319. The summed E-state index contributed by atoms with van der Waals surface area (Å²) in [4.78, 5) is 22.9. The van der Waals surface area contributed by atoms with Crippen LogP contribution in [0.1, 0.15) is 33.6 Å². The summed E-state index contributed by atoms with van der Waals surface area (Å²) >= 11 is 0. The molecule has 1 saturated heterocycles. The number of carbonyl (C=O) groups is 2. The number of aliphatic carboxylic acids is 1. The third-order valence-electron chi connectivity index (χ3n) is 3.15. The van der Waals surface area contributed by atoms with E-state index >= 15 is 0 Å². The Morgan fingerprint density at radius 2 is 1.95 bits per heavy atom. The van der Waals surface area contributed by atoms with Gasteiger partial charge in [0.25, 0.3) is 0 Å². The summed E-state index contributed by atoms with van der Waals surface area (Å²) in [5.41, 5.74) is -0.531. The van der Waals surface area contributed by atoms with Gasteiger partial charge >= 0.3 is 5.97 Å². The predicted octanol–water partition coefficient (Wildman–Crippen LogP) is 0.371. The van der Waals surface area contributed by atoms with Crippen molar-refractivity contribution in [1.82, 2.24) is 10.6 Å². The van der Waals surface area contributed by atoms with Gasteiger partial charge in [-0.1, -0.05) is 20.8 Å². The first-order valence-corrected chi connectivity index (χ1v) is 6.65. The molecule has 0 spiro atoms. The van der Waals surface area contributed by atoms with Crippen LogP contribution < -0.4 is 10.6 Å². The highest BCUT2D eigenvalue weighted by Gasteiger charge is 2.32. The number of ether oxygens (including phenoxy) is 1. The fourth-order valence-corrected chi connectivity index (χ4v) is 2.01. The predicted molar refractivity (Wildman–Crippen MR) is 70.9 cm³/mol. The number of amides is 1. The highest BCUT2D eigenvalue weighted by molar-refractivity contribution is 5.84. The second-order valence-electron chi connectivity index (χ2n) is 5.97. The minimum atomic E-state index is -1.03. The second kappa shape index (κ2) is 6.86. The van der Waals surface area contributed by atoms with Gasteiger partial charge in [0, 0.05) is 0 Å². The number of carboxylic acids is 1. The quantitative estimate of drug-likeness (QED) is 0.673. The van der Waals surface area contributed by atoms with Gasteiger partial charge in [-0.25, -0.2) is 4.79 Å². The van der Waals surface area contributed by atoms with Crippen LogP contribution in [0.3, 0.4) is 0 Å². The van der Waals surface area contributed by atoms with E-state index in [4.69, 9.17) is 9.84 Å². The minimum absolute atomic E-state index is 0.0788. The summed E-state index contributed by atoms with van der Waals surface area (Å²) in [7, 11) is 0. The van der Waals surface area contributed by atoms with E-state index in [-0.39, 0.29) is 18.6 Å². The number of piperidine rings is 1. The zero-order valence-electron chi connectivity index (χ0n) is 11.9. The molecule has 3 N–H and O–H groups in total. The van der Waals surface area contributed by atoms with E-state index in [1.54, 1.807) is 20.8 Å². The first-order chi connectivity index (χ1) is 8.80. The molecule has 1 atom stereocenters. The summed E-state index contributed by atoms with van der Waals surface area (Å²) in [6, 6.07) is -0.906. The zero-order valence-corrected chi connectivity index (χ0v) is 11.9. The minimum Gasteiger partial charge on any atom is -0.480 e. The summed E-state index contributed by atoms with van der Waals surface area (Å²) in [5.74, 6) is -1.40. The Balaban J connectivity index is 2.38. The van der Waals surface area contributed by atoms with Crippen LogP contribution in [-0.4, -0.2) is 48.8 Å². The van der Waals surface area contributed by atoms with Crippen molar-refractivity contribution < 1.29 is 19.4 Å². The van der Waals surface area contributed by atoms with E-state index in [2.05, 4.69) is 10.6 Å². The van der Waals surface area contributed by atoms with Crippen LogP contribution in [0.15, 0.2) is 0 Å². The lowest BCUT2D eigenvalue weighted by Crippen LogP contribution is -2.50. The number of hydrogen-bond donors (Lipinski definition) is 3. The molecule has 1 rings (SSSR count). The summed E-state index contributed by atoms with van der Waals surface area (Å²) < 4.78 is 5.49. The number of rotatable bonds is 5. The molecule has 0 aromatic heterocycles. The largest absolute Gasteiger partial charge is 0.480 e. The van der Waals surface area contributed by atoms with Crippen molar-refractivity contribution in [1.29, 1.82) is 0 Å².